The van der Waals surface area contributed by atoms with Crippen molar-refractivity contribution in [3.8, 4) is 0 Å². The maximum atomic E-state index is 6.25. The van der Waals surface area contributed by atoms with Crippen molar-refractivity contribution in [2.45, 2.75) is 0 Å². The van der Waals surface area contributed by atoms with Gasteiger partial charge in [0.1, 0.15) is 0 Å². The van der Waals surface area contributed by atoms with Gasteiger partial charge in [-0.1, -0.05) is 0 Å². The molecule has 0 spiro atoms. The summed E-state index contributed by atoms with van der Waals surface area (Å²) in [5, 5.41) is 37.5. The van der Waals surface area contributed by atoms with Gasteiger partial charge in [-0.2, -0.15) is 0 Å². The Morgan fingerprint density at radius 2 is 0.438 bits per heavy atom. The smallest absolute Gasteiger partial charge is 0.512 e. The van der Waals surface area contributed by atoms with Gasteiger partial charge >= 0.3 is 106 Å². The minimum atomic E-state index is 0. The second kappa shape index (κ2) is 34200. The molecule has 0 saturated heterocycles. The first-order chi connectivity index (χ1) is 6.00. The third kappa shape index (κ3) is 27600. The molecule has 0 heterocycles. The second-order valence-electron chi connectivity index (χ2n) is 0. The summed E-state index contributed by atoms with van der Waals surface area (Å²) in [6.45, 7) is 28.5. The standard InChI is InChI=1S/6CN.Er.Fe.K.H2O/c6*1-2;;;;/h;;;;;;;;;1H2/q6*-1;+3;+2;+1;. The molecular formula is C6H2ErFeKN6O. The Kier molecular flexibility index (Phi) is 205000. The van der Waals surface area contributed by atoms with Crippen LogP contribution < -0.4 is 51.4 Å². The van der Waals surface area contributed by atoms with Gasteiger partial charge in [0.2, 0.25) is 0 Å². The van der Waals surface area contributed by atoms with E-state index in [-0.39, 0.29) is 111 Å². The number of rotatable bonds is 0. The summed E-state index contributed by atoms with van der Waals surface area (Å²) in [5.41, 5.74) is 0. The number of nitrogens with zero attached hydrogens (tertiary/aromatic N) is 6. The van der Waals surface area contributed by atoms with Crippen LogP contribution in [0.1, 0.15) is 0 Å². The van der Waals surface area contributed by atoms with Gasteiger partial charge in [0.25, 0.3) is 0 Å². The zero-order valence-electron chi connectivity index (χ0n) is 7.83. The molecule has 10 heteroatoms. The van der Waals surface area contributed by atoms with Gasteiger partial charge in [0.05, 0.1) is 0 Å². The van der Waals surface area contributed by atoms with E-state index in [1.165, 1.54) is 0 Å². The predicted molar refractivity (Wildman–Crippen MR) is 33.4 cm³/mol. The Morgan fingerprint density at radius 3 is 0.438 bits per heavy atom. The average molecular weight is 436 g/mol. The molecule has 0 rings (SSSR count). The van der Waals surface area contributed by atoms with Crippen molar-refractivity contribution in [1.82, 2.24) is 0 Å². The molecule has 0 aromatic rings. The molecule has 0 fully saturated rings. The Hall–Kier alpha value is 0.303. The first-order valence-corrected chi connectivity index (χ1v) is 1.34. The zero-order valence-corrected chi connectivity index (χ0v) is 13.9. The van der Waals surface area contributed by atoms with Crippen LogP contribution in [0, 0.1) is 108 Å². The minimum absolute atomic E-state index is 0. The van der Waals surface area contributed by atoms with Gasteiger partial charge in [0.15, 0.2) is 0 Å². The van der Waals surface area contributed by atoms with Crippen LogP contribution in [-0.2, 0) is 17.1 Å². The van der Waals surface area contributed by atoms with E-state index in [0.29, 0.717) is 0 Å². The van der Waals surface area contributed by atoms with Crippen molar-refractivity contribution in [3.05, 3.63) is 39.4 Å². The summed E-state index contributed by atoms with van der Waals surface area (Å²) in [6, 6.07) is 0. The molecule has 83 valence electrons. The molecule has 0 aromatic carbocycles. The van der Waals surface area contributed by atoms with Crippen molar-refractivity contribution in [1.29, 1.82) is 31.6 Å². The molecule has 7 nitrogen and oxygen atoms in total. The van der Waals surface area contributed by atoms with Crippen LogP contribution >= 0.6 is 0 Å². The van der Waals surface area contributed by atoms with E-state index in [0.717, 1.165) is 0 Å². The first-order valence-electron chi connectivity index (χ1n) is 1.34. The van der Waals surface area contributed by atoms with Crippen LogP contribution in [-0.4, -0.2) is 5.48 Å². The molecule has 0 aliphatic heterocycles. The molecule has 2 N–H and O–H groups in total. The topological polar surface area (TPSA) is 174 Å². The summed E-state index contributed by atoms with van der Waals surface area (Å²) in [4.78, 5) is 0. The molecule has 0 aliphatic rings. The molecule has 0 atom stereocenters. The maximum absolute atomic E-state index is 6.25. The van der Waals surface area contributed by atoms with Gasteiger partial charge in [-0.3, -0.25) is 0 Å². The van der Waals surface area contributed by atoms with Crippen LogP contribution in [0.3, 0.4) is 0 Å². The van der Waals surface area contributed by atoms with Crippen molar-refractivity contribution >= 4 is 0 Å². The van der Waals surface area contributed by atoms with Crippen molar-refractivity contribution in [2.75, 3.05) is 0 Å². The molecule has 1 radical (unpaired) electrons. The van der Waals surface area contributed by atoms with Crippen LogP contribution in [0.25, 0.3) is 0 Å². The Morgan fingerprint density at radius 1 is 0.438 bits per heavy atom. The fourth-order valence-electron chi connectivity index (χ4n) is 0. The quantitative estimate of drug-likeness (QED) is 0.285. The maximum Gasteiger partial charge on any atom is 3.00 e. The average Bonchev–Trinajstić information content (AvgIpc) is 2.33. The van der Waals surface area contributed by atoms with Gasteiger partial charge in [-0.05, 0) is 0 Å². The first kappa shape index (κ1) is 96.1. The van der Waals surface area contributed by atoms with Crippen molar-refractivity contribution in [3.63, 3.8) is 0 Å². The van der Waals surface area contributed by atoms with Crippen LogP contribution in [0.2, 0.25) is 0 Å². The zero-order chi connectivity index (χ0) is 12.0. The van der Waals surface area contributed by atoms with Gasteiger partial charge < -0.3 is 76.5 Å². The molecule has 0 aromatic heterocycles. The normalized spacial score (nSPS) is 0.750. The van der Waals surface area contributed by atoms with E-state index < -0.39 is 0 Å². The molecular weight excluding hydrogens is 434 g/mol. The molecule has 0 aliphatic carbocycles. The summed E-state index contributed by atoms with van der Waals surface area (Å²) < 4.78 is 0. The van der Waals surface area contributed by atoms with E-state index >= 15 is 0 Å². The molecule has 16 heavy (non-hydrogen) atoms. The third-order valence-corrected chi connectivity index (χ3v) is 0. The Bertz CT molecular complexity index is 108. The Labute approximate surface area is 179 Å². The van der Waals surface area contributed by atoms with E-state index in [9.17, 15) is 0 Å². The summed E-state index contributed by atoms with van der Waals surface area (Å²) in [7, 11) is 0. The molecule has 0 saturated carbocycles. The van der Waals surface area contributed by atoms with E-state index in [4.69, 9.17) is 71.0 Å². The van der Waals surface area contributed by atoms with Crippen LogP contribution in [0.5, 0.6) is 0 Å². The van der Waals surface area contributed by atoms with E-state index in [1.807, 2.05) is 0 Å². The Balaban J connectivity index is -0.00000000321. The second-order valence-corrected chi connectivity index (χ2v) is 0. The number of hydrogen-bond acceptors (Lipinski definition) is 6. The van der Waals surface area contributed by atoms with E-state index in [1.54, 1.807) is 0 Å². The van der Waals surface area contributed by atoms with Gasteiger partial charge in [0, 0.05) is 0 Å². The van der Waals surface area contributed by atoms with Gasteiger partial charge in [-0.15, -0.1) is 0 Å². The molecule has 0 bridgehead atoms. The summed E-state index contributed by atoms with van der Waals surface area (Å²) in [6.07, 6.45) is 0. The SMILES string of the molecule is O.[C-]#N.[C-]#N.[C-]#N.[C-]#N.[C-]#N.[C-]#N.[Er+3].[Fe+2].[K+]. The minimum Gasteiger partial charge on any atom is -0.512 e. The fourth-order valence-corrected chi connectivity index (χ4v) is 0. The summed E-state index contributed by atoms with van der Waals surface area (Å²) >= 11 is 0. The van der Waals surface area contributed by atoms with Crippen molar-refractivity contribution in [2.24, 2.45) is 0 Å². The van der Waals surface area contributed by atoms with Crippen LogP contribution in [0.4, 0.5) is 0 Å². The van der Waals surface area contributed by atoms with Crippen LogP contribution in [0.15, 0.2) is 0 Å². The fraction of sp³-hybridized carbons (Fsp3) is 0. The summed E-state index contributed by atoms with van der Waals surface area (Å²) in [5.74, 6) is 0. The number of hydrogen-bond donors (Lipinski definition) is 0. The predicted octanol–water partition coefficient (Wildman–Crippen LogP) is -3.24. The molecule has 0 amide bonds. The van der Waals surface area contributed by atoms with E-state index in [2.05, 4.69) is 0 Å². The largest absolute Gasteiger partial charge is 3.00 e. The van der Waals surface area contributed by atoms with Gasteiger partial charge in [-0.25, -0.2) is 0 Å². The van der Waals surface area contributed by atoms with Crippen molar-refractivity contribution < 1.29 is 111 Å². The monoisotopic (exact) mass is 435 g/mol. The molecule has 0 unspecified atom stereocenters. The third-order valence-electron chi connectivity index (χ3n) is 0.